The Morgan fingerprint density at radius 3 is 2.38 bits per heavy atom. The molecule has 126 valence electrons. The Kier molecular flexibility index (Phi) is 4.33. The van der Waals surface area contributed by atoms with Crippen LogP contribution in [0.4, 0.5) is 0 Å². The van der Waals surface area contributed by atoms with Gasteiger partial charge in [0.25, 0.3) is 11.8 Å². The van der Waals surface area contributed by atoms with Gasteiger partial charge in [0.1, 0.15) is 6.04 Å². The third-order valence-corrected chi connectivity index (χ3v) is 4.47. The number of nitrogens with zero attached hydrogens (tertiary/aromatic N) is 2. The standard InChI is InChI=1S/C17H18N2O5/c1-24-17(23)13-7-4-9-18(13)14(20)8-10-19-15(21)11-5-2-3-6-12(11)16(19)22/h2-3,5-6,13H,4,7-10H2,1H3. The van der Waals surface area contributed by atoms with Crippen molar-refractivity contribution in [3.8, 4) is 0 Å². The van der Waals surface area contributed by atoms with Gasteiger partial charge in [-0.05, 0) is 25.0 Å². The molecule has 3 amide bonds. The molecule has 1 aromatic rings. The molecule has 7 heteroatoms. The molecule has 0 aliphatic carbocycles. The third-order valence-electron chi connectivity index (χ3n) is 4.47. The first-order chi connectivity index (χ1) is 11.5. The van der Waals surface area contributed by atoms with E-state index >= 15 is 0 Å². The van der Waals surface area contributed by atoms with Crippen molar-refractivity contribution < 1.29 is 23.9 Å². The van der Waals surface area contributed by atoms with Gasteiger partial charge in [0.15, 0.2) is 0 Å². The summed E-state index contributed by atoms with van der Waals surface area (Å²) in [6.07, 6.45) is 1.31. The number of benzene rings is 1. The molecule has 1 aromatic carbocycles. The summed E-state index contributed by atoms with van der Waals surface area (Å²) in [5.74, 6) is -1.44. The lowest BCUT2D eigenvalue weighted by Gasteiger charge is -2.23. The molecule has 0 N–H and O–H groups in total. The number of esters is 1. The lowest BCUT2D eigenvalue weighted by molar-refractivity contribution is -0.151. The molecule has 1 fully saturated rings. The molecule has 2 aliphatic rings. The first-order valence-corrected chi connectivity index (χ1v) is 7.87. The first kappa shape index (κ1) is 16.2. The number of hydrogen-bond donors (Lipinski definition) is 0. The summed E-state index contributed by atoms with van der Waals surface area (Å²) in [4.78, 5) is 51.2. The number of ether oxygens (including phenoxy) is 1. The van der Waals surface area contributed by atoms with E-state index in [1.165, 1.54) is 12.0 Å². The van der Waals surface area contributed by atoms with E-state index in [-0.39, 0.29) is 30.7 Å². The van der Waals surface area contributed by atoms with Gasteiger partial charge in [0.2, 0.25) is 5.91 Å². The number of imide groups is 1. The fourth-order valence-electron chi connectivity index (χ4n) is 3.24. The van der Waals surface area contributed by atoms with Gasteiger partial charge < -0.3 is 9.64 Å². The maximum Gasteiger partial charge on any atom is 0.328 e. The highest BCUT2D eigenvalue weighted by atomic mass is 16.5. The minimum absolute atomic E-state index is 0.00103. The van der Waals surface area contributed by atoms with Crippen molar-refractivity contribution in [1.29, 1.82) is 0 Å². The number of amides is 3. The first-order valence-electron chi connectivity index (χ1n) is 7.87. The van der Waals surface area contributed by atoms with Crippen LogP contribution in [0.25, 0.3) is 0 Å². The van der Waals surface area contributed by atoms with Crippen LogP contribution in [0.3, 0.4) is 0 Å². The van der Waals surface area contributed by atoms with E-state index in [0.717, 1.165) is 11.3 Å². The van der Waals surface area contributed by atoms with Crippen LogP contribution in [-0.4, -0.2) is 59.7 Å². The van der Waals surface area contributed by atoms with Crippen molar-refractivity contribution in [3.63, 3.8) is 0 Å². The summed E-state index contributed by atoms with van der Waals surface area (Å²) >= 11 is 0. The van der Waals surface area contributed by atoms with E-state index in [1.54, 1.807) is 24.3 Å². The molecule has 2 heterocycles. The quantitative estimate of drug-likeness (QED) is 0.603. The molecule has 2 aliphatic heterocycles. The number of methoxy groups -OCH3 is 1. The van der Waals surface area contributed by atoms with Crippen molar-refractivity contribution in [3.05, 3.63) is 35.4 Å². The maximum absolute atomic E-state index is 12.4. The maximum atomic E-state index is 12.4. The fourth-order valence-corrected chi connectivity index (χ4v) is 3.24. The number of fused-ring (bicyclic) bond motifs is 1. The fraction of sp³-hybridized carbons (Fsp3) is 0.412. The van der Waals surface area contributed by atoms with Gasteiger partial charge in [-0.15, -0.1) is 0 Å². The molecular weight excluding hydrogens is 312 g/mol. The third kappa shape index (κ3) is 2.66. The Morgan fingerprint density at radius 2 is 1.79 bits per heavy atom. The number of rotatable bonds is 4. The van der Waals surface area contributed by atoms with Gasteiger partial charge in [0, 0.05) is 19.5 Å². The Hall–Kier alpha value is -2.70. The molecule has 0 radical (unpaired) electrons. The van der Waals surface area contributed by atoms with Crippen molar-refractivity contribution in [2.24, 2.45) is 0 Å². The monoisotopic (exact) mass is 330 g/mol. The van der Waals surface area contributed by atoms with Crippen LogP contribution in [0.2, 0.25) is 0 Å². The van der Waals surface area contributed by atoms with Crippen molar-refractivity contribution >= 4 is 23.7 Å². The highest BCUT2D eigenvalue weighted by Crippen LogP contribution is 2.24. The van der Waals surface area contributed by atoms with Crippen LogP contribution in [0.5, 0.6) is 0 Å². The van der Waals surface area contributed by atoms with E-state index in [9.17, 15) is 19.2 Å². The van der Waals surface area contributed by atoms with Gasteiger partial charge in [-0.3, -0.25) is 19.3 Å². The van der Waals surface area contributed by atoms with Crippen molar-refractivity contribution in [1.82, 2.24) is 9.80 Å². The van der Waals surface area contributed by atoms with Gasteiger partial charge in [0.05, 0.1) is 18.2 Å². The van der Waals surface area contributed by atoms with Crippen LogP contribution >= 0.6 is 0 Å². The molecule has 0 aromatic heterocycles. The zero-order valence-corrected chi connectivity index (χ0v) is 13.4. The molecule has 24 heavy (non-hydrogen) atoms. The predicted octanol–water partition coefficient (Wildman–Crippen LogP) is 0.837. The van der Waals surface area contributed by atoms with Crippen molar-refractivity contribution in [2.45, 2.75) is 25.3 Å². The van der Waals surface area contributed by atoms with Crippen molar-refractivity contribution in [2.75, 3.05) is 20.2 Å². The van der Waals surface area contributed by atoms with E-state index < -0.39 is 12.0 Å². The minimum Gasteiger partial charge on any atom is -0.467 e. The Morgan fingerprint density at radius 1 is 1.17 bits per heavy atom. The lowest BCUT2D eigenvalue weighted by Crippen LogP contribution is -2.42. The molecule has 0 bridgehead atoms. The average molecular weight is 330 g/mol. The minimum atomic E-state index is -0.565. The summed E-state index contributed by atoms with van der Waals surface area (Å²) in [5, 5.41) is 0. The van der Waals surface area contributed by atoms with Crippen LogP contribution in [-0.2, 0) is 14.3 Å². The topological polar surface area (TPSA) is 84.0 Å². The molecule has 1 atom stereocenters. The van der Waals surface area contributed by atoms with E-state index in [1.807, 2.05) is 0 Å². The lowest BCUT2D eigenvalue weighted by atomic mass is 10.1. The Labute approximate surface area is 139 Å². The highest BCUT2D eigenvalue weighted by Gasteiger charge is 2.37. The summed E-state index contributed by atoms with van der Waals surface area (Å²) in [5.41, 5.74) is 0.729. The molecule has 1 unspecified atom stereocenters. The second kappa shape index (κ2) is 6.43. The molecule has 1 saturated heterocycles. The van der Waals surface area contributed by atoms with Crippen LogP contribution in [0, 0.1) is 0 Å². The van der Waals surface area contributed by atoms with Gasteiger partial charge in [-0.1, -0.05) is 12.1 Å². The molecule has 0 spiro atoms. The summed E-state index contributed by atoms with van der Waals surface area (Å²) < 4.78 is 4.72. The van der Waals surface area contributed by atoms with Gasteiger partial charge in [-0.2, -0.15) is 0 Å². The van der Waals surface area contributed by atoms with Gasteiger partial charge >= 0.3 is 5.97 Å². The van der Waals surface area contributed by atoms with Crippen LogP contribution < -0.4 is 0 Å². The highest BCUT2D eigenvalue weighted by molar-refractivity contribution is 6.21. The number of carbonyl (C=O) groups is 4. The second-order valence-corrected chi connectivity index (χ2v) is 5.83. The zero-order valence-electron chi connectivity index (χ0n) is 13.4. The molecule has 7 nitrogen and oxygen atoms in total. The normalized spacial score (nSPS) is 19.6. The number of hydrogen-bond acceptors (Lipinski definition) is 5. The van der Waals surface area contributed by atoms with E-state index in [0.29, 0.717) is 24.1 Å². The Bertz CT molecular complexity index is 680. The second-order valence-electron chi connectivity index (χ2n) is 5.83. The van der Waals surface area contributed by atoms with E-state index in [4.69, 9.17) is 4.74 Å². The number of likely N-dealkylation sites (tertiary alicyclic amines) is 1. The smallest absolute Gasteiger partial charge is 0.328 e. The SMILES string of the molecule is COC(=O)C1CCCN1C(=O)CCN1C(=O)c2ccccc2C1=O. The largest absolute Gasteiger partial charge is 0.467 e. The average Bonchev–Trinajstić information content (AvgIpc) is 3.18. The number of carbonyl (C=O) groups excluding carboxylic acids is 4. The molecule has 0 saturated carbocycles. The predicted molar refractivity (Wildman–Crippen MR) is 83.2 cm³/mol. The molecule has 3 rings (SSSR count). The Balaban J connectivity index is 1.64. The van der Waals surface area contributed by atoms with Gasteiger partial charge in [-0.25, -0.2) is 4.79 Å². The van der Waals surface area contributed by atoms with Crippen LogP contribution in [0.1, 0.15) is 40.0 Å². The van der Waals surface area contributed by atoms with E-state index in [2.05, 4.69) is 0 Å². The summed E-state index contributed by atoms with van der Waals surface area (Å²) in [6, 6.07) is 6.04. The molecular formula is C17H18N2O5. The summed E-state index contributed by atoms with van der Waals surface area (Å²) in [6.45, 7) is 0.496. The summed E-state index contributed by atoms with van der Waals surface area (Å²) in [7, 11) is 1.29. The zero-order chi connectivity index (χ0) is 17.3. The van der Waals surface area contributed by atoms with Crippen LogP contribution in [0.15, 0.2) is 24.3 Å².